The number of amides is 2. The van der Waals surface area contributed by atoms with E-state index in [4.69, 9.17) is 4.74 Å². The third kappa shape index (κ3) is 4.35. The average Bonchev–Trinajstić information content (AvgIpc) is 3.54. The first-order valence-electron chi connectivity index (χ1n) is 9.90. The van der Waals surface area contributed by atoms with Gasteiger partial charge in [-0.25, -0.2) is 4.79 Å². The number of hydrogen-bond donors (Lipinski definition) is 3. The van der Waals surface area contributed by atoms with E-state index in [9.17, 15) is 14.4 Å². The molecule has 1 aliphatic rings. The van der Waals surface area contributed by atoms with Crippen LogP contribution >= 0.6 is 0 Å². The Bertz CT molecular complexity index is 1100. The molecule has 0 spiro atoms. The summed E-state index contributed by atoms with van der Waals surface area (Å²) in [5, 5.41) is 6.58. The Kier molecular flexibility index (Phi) is 5.52. The lowest BCUT2D eigenvalue weighted by Crippen LogP contribution is -2.43. The molecule has 0 radical (unpaired) electrons. The van der Waals surface area contributed by atoms with Crippen molar-refractivity contribution in [3.63, 3.8) is 0 Å². The molecule has 1 fully saturated rings. The number of anilines is 1. The predicted octanol–water partition coefficient (Wildman–Crippen LogP) is 3.03. The summed E-state index contributed by atoms with van der Waals surface area (Å²) in [6, 6.07) is 13.6. The van der Waals surface area contributed by atoms with Crippen molar-refractivity contribution in [1.82, 2.24) is 10.3 Å². The van der Waals surface area contributed by atoms with E-state index in [1.807, 2.05) is 30.5 Å². The number of H-pyrrole nitrogens is 1. The highest BCUT2D eigenvalue weighted by atomic mass is 16.5. The standard InChI is InChI=1S/C23H23N3O4/c1-30-23(29)20(12-16-13-24-19-8-3-2-7-18(16)19)26-22(28)15-5-4-6-17(11-15)25-21(27)14-9-10-14/h2-8,11,13-14,20,24H,9-10,12H2,1H3,(H,25,27)(H,26,28). The number of ether oxygens (including phenoxy) is 1. The molecular formula is C23H23N3O4. The van der Waals surface area contributed by atoms with E-state index < -0.39 is 17.9 Å². The molecule has 1 atom stereocenters. The van der Waals surface area contributed by atoms with E-state index in [-0.39, 0.29) is 11.8 Å². The third-order valence-corrected chi connectivity index (χ3v) is 5.23. The summed E-state index contributed by atoms with van der Waals surface area (Å²) in [6.07, 6.45) is 3.93. The van der Waals surface area contributed by atoms with Crippen LogP contribution in [0.5, 0.6) is 0 Å². The molecule has 1 unspecified atom stereocenters. The molecule has 1 heterocycles. The van der Waals surface area contributed by atoms with Crippen molar-refractivity contribution < 1.29 is 19.1 Å². The van der Waals surface area contributed by atoms with Crippen LogP contribution in [0.2, 0.25) is 0 Å². The monoisotopic (exact) mass is 405 g/mol. The van der Waals surface area contributed by atoms with Gasteiger partial charge in [-0.15, -0.1) is 0 Å². The highest BCUT2D eigenvalue weighted by molar-refractivity contribution is 5.99. The van der Waals surface area contributed by atoms with Gasteiger partial charge in [0.05, 0.1) is 7.11 Å². The second-order valence-corrected chi connectivity index (χ2v) is 7.46. The fourth-order valence-corrected chi connectivity index (χ4v) is 3.43. The maximum absolute atomic E-state index is 12.8. The van der Waals surface area contributed by atoms with E-state index in [1.54, 1.807) is 24.3 Å². The largest absolute Gasteiger partial charge is 0.467 e. The normalized spacial score (nSPS) is 14.2. The Labute approximate surface area is 173 Å². The summed E-state index contributed by atoms with van der Waals surface area (Å²) in [4.78, 5) is 40.3. The lowest BCUT2D eigenvalue weighted by Gasteiger charge is -2.17. The fourth-order valence-electron chi connectivity index (χ4n) is 3.43. The maximum atomic E-state index is 12.8. The van der Waals surface area contributed by atoms with Crippen molar-refractivity contribution in [3.05, 3.63) is 65.9 Å². The Balaban J connectivity index is 1.49. The molecular weight excluding hydrogens is 382 g/mol. The first-order chi connectivity index (χ1) is 14.5. The van der Waals surface area contributed by atoms with Gasteiger partial charge in [-0.3, -0.25) is 9.59 Å². The Morgan fingerprint density at radius 3 is 2.70 bits per heavy atom. The SMILES string of the molecule is COC(=O)C(Cc1c[nH]c2ccccc12)NC(=O)c1cccc(NC(=O)C2CC2)c1. The number of rotatable bonds is 7. The van der Waals surface area contributed by atoms with E-state index >= 15 is 0 Å². The van der Waals surface area contributed by atoms with Gasteiger partial charge in [-0.2, -0.15) is 0 Å². The average molecular weight is 405 g/mol. The van der Waals surface area contributed by atoms with Crippen molar-refractivity contribution in [3.8, 4) is 0 Å². The molecule has 3 aromatic rings. The number of methoxy groups -OCH3 is 1. The number of benzene rings is 2. The van der Waals surface area contributed by atoms with Crippen LogP contribution in [0, 0.1) is 5.92 Å². The second-order valence-electron chi connectivity index (χ2n) is 7.46. The minimum Gasteiger partial charge on any atom is -0.467 e. The number of carbonyl (C=O) groups excluding carboxylic acids is 3. The van der Waals surface area contributed by atoms with E-state index in [1.165, 1.54) is 7.11 Å². The molecule has 4 rings (SSSR count). The summed E-state index contributed by atoms with van der Waals surface area (Å²) >= 11 is 0. The zero-order valence-electron chi connectivity index (χ0n) is 16.6. The van der Waals surface area contributed by atoms with Gasteiger partial charge in [-0.05, 0) is 42.7 Å². The first-order valence-corrected chi connectivity index (χ1v) is 9.90. The van der Waals surface area contributed by atoms with Crippen LogP contribution in [-0.4, -0.2) is 35.9 Å². The highest BCUT2D eigenvalue weighted by Gasteiger charge is 2.29. The van der Waals surface area contributed by atoms with E-state index in [0.717, 1.165) is 29.3 Å². The molecule has 7 heteroatoms. The summed E-state index contributed by atoms with van der Waals surface area (Å²) in [5.41, 5.74) is 2.79. The molecule has 0 saturated heterocycles. The lowest BCUT2D eigenvalue weighted by molar-refractivity contribution is -0.142. The zero-order valence-corrected chi connectivity index (χ0v) is 16.6. The molecule has 2 amide bonds. The van der Waals surface area contributed by atoms with Gasteiger partial charge in [-0.1, -0.05) is 24.3 Å². The van der Waals surface area contributed by atoms with Crippen molar-refractivity contribution in [1.29, 1.82) is 0 Å². The molecule has 1 aliphatic carbocycles. The van der Waals surface area contributed by atoms with Gasteiger partial charge >= 0.3 is 5.97 Å². The number of hydrogen-bond acceptors (Lipinski definition) is 4. The summed E-state index contributed by atoms with van der Waals surface area (Å²) in [5.74, 6) is -0.888. The number of esters is 1. The fraction of sp³-hybridized carbons (Fsp3) is 0.261. The summed E-state index contributed by atoms with van der Waals surface area (Å²) in [6.45, 7) is 0. The number of carbonyl (C=O) groups is 3. The first kappa shape index (κ1) is 19.7. The van der Waals surface area contributed by atoms with Crippen molar-refractivity contribution in [2.45, 2.75) is 25.3 Å². The summed E-state index contributed by atoms with van der Waals surface area (Å²) in [7, 11) is 1.30. The van der Waals surface area contributed by atoms with Crippen molar-refractivity contribution >= 4 is 34.4 Å². The second kappa shape index (κ2) is 8.41. The van der Waals surface area contributed by atoms with E-state index in [0.29, 0.717) is 17.7 Å². The van der Waals surface area contributed by atoms with Crippen LogP contribution in [0.4, 0.5) is 5.69 Å². The van der Waals surface area contributed by atoms with Crippen molar-refractivity contribution in [2.75, 3.05) is 12.4 Å². The van der Waals surface area contributed by atoms with Gasteiger partial charge in [0.15, 0.2) is 0 Å². The molecule has 30 heavy (non-hydrogen) atoms. The number of nitrogens with one attached hydrogen (secondary N) is 3. The van der Waals surface area contributed by atoms with Gasteiger partial charge in [0.25, 0.3) is 5.91 Å². The molecule has 3 N–H and O–H groups in total. The zero-order chi connectivity index (χ0) is 21.1. The van der Waals surface area contributed by atoms with Gasteiger partial charge in [0.1, 0.15) is 6.04 Å². The van der Waals surface area contributed by atoms with Crippen LogP contribution in [0.1, 0.15) is 28.8 Å². The highest BCUT2D eigenvalue weighted by Crippen LogP contribution is 2.30. The number of aromatic nitrogens is 1. The molecule has 1 saturated carbocycles. The molecule has 7 nitrogen and oxygen atoms in total. The Morgan fingerprint density at radius 1 is 1.13 bits per heavy atom. The topological polar surface area (TPSA) is 100 Å². The molecule has 0 aliphatic heterocycles. The minimum atomic E-state index is -0.841. The Morgan fingerprint density at radius 2 is 1.93 bits per heavy atom. The van der Waals surface area contributed by atoms with Gasteiger partial charge in [0.2, 0.25) is 5.91 Å². The molecule has 2 aromatic carbocycles. The third-order valence-electron chi connectivity index (χ3n) is 5.23. The molecule has 0 bridgehead atoms. The predicted molar refractivity (Wildman–Crippen MR) is 113 cm³/mol. The maximum Gasteiger partial charge on any atom is 0.328 e. The summed E-state index contributed by atoms with van der Waals surface area (Å²) < 4.78 is 4.90. The van der Waals surface area contributed by atoms with Crippen LogP contribution in [0.25, 0.3) is 10.9 Å². The molecule has 154 valence electrons. The number of fused-ring (bicyclic) bond motifs is 1. The number of para-hydroxylation sites is 1. The van der Waals surface area contributed by atoms with Crippen LogP contribution in [-0.2, 0) is 20.7 Å². The molecule has 1 aromatic heterocycles. The van der Waals surface area contributed by atoms with Crippen LogP contribution in [0.3, 0.4) is 0 Å². The lowest BCUT2D eigenvalue weighted by atomic mass is 10.0. The quantitative estimate of drug-likeness (QED) is 0.526. The number of aromatic amines is 1. The smallest absolute Gasteiger partial charge is 0.328 e. The minimum absolute atomic E-state index is 0.0284. The van der Waals surface area contributed by atoms with Crippen molar-refractivity contribution in [2.24, 2.45) is 5.92 Å². The van der Waals surface area contributed by atoms with Crippen LogP contribution < -0.4 is 10.6 Å². The van der Waals surface area contributed by atoms with Gasteiger partial charge < -0.3 is 20.4 Å². The van der Waals surface area contributed by atoms with E-state index in [2.05, 4.69) is 15.6 Å². The Hall–Kier alpha value is -3.61. The van der Waals surface area contributed by atoms with Crippen LogP contribution in [0.15, 0.2) is 54.7 Å². The van der Waals surface area contributed by atoms with Gasteiger partial charge in [0, 0.05) is 40.7 Å².